The number of carbonyl (C=O) groups excluding carboxylic acids is 1. The summed E-state index contributed by atoms with van der Waals surface area (Å²) in [5.74, 6) is -3.45. The maximum atomic E-state index is 14.9. The van der Waals surface area contributed by atoms with Crippen molar-refractivity contribution in [1.29, 1.82) is 0 Å². The predicted molar refractivity (Wildman–Crippen MR) is 144 cm³/mol. The topological polar surface area (TPSA) is 77.1 Å². The van der Waals surface area contributed by atoms with Crippen LogP contribution in [0, 0.1) is 0 Å². The van der Waals surface area contributed by atoms with E-state index < -0.39 is 18.4 Å². The van der Waals surface area contributed by atoms with Gasteiger partial charge in [-0.15, -0.1) is 0 Å². The number of amides is 1. The standard InChI is InChI=1S/C27H37F2N7O2/c1-4-38-23-10-9-19(17-35-13-11-33(2)12-14-35)15-21(23)31-26-30-16-22-24(32-26)36(20-7-5-6-8-20)18-27(28,29)25(37)34(22)3/h9-10,15-16,20H,4-8,11-14,17-18H2,1-3H3,(H,30,31,32). The monoisotopic (exact) mass is 529 g/mol. The van der Waals surface area contributed by atoms with Gasteiger partial charge in [-0.1, -0.05) is 18.9 Å². The second-order valence-corrected chi connectivity index (χ2v) is 10.5. The van der Waals surface area contributed by atoms with Crippen molar-refractivity contribution in [3.05, 3.63) is 30.0 Å². The van der Waals surface area contributed by atoms with Crippen LogP contribution in [0.1, 0.15) is 38.2 Å². The summed E-state index contributed by atoms with van der Waals surface area (Å²) in [4.78, 5) is 29.0. The Morgan fingerprint density at radius 3 is 2.58 bits per heavy atom. The van der Waals surface area contributed by atoms with Crippen molar-refractivity contribution in [3.8, 4) is 5.75 Å². The number of likely N-dealkylation sites (N-methyl/N-ethyl adjacent to an activating group) is 1. The van der Waals surface area contributed by atoms with E-state index >= 15 is 0 Å². The zero-order chi connectivity index (χ0) is 26.9. The average Bonchev–Trinajstić information content (AvgIpc) is 3.42. The second-order valence-electron chi connectivity index (χ2n) is 10.5. The number of piperazine rings is 1. The minimum Gasteiger partial charge on any atom is -0.492 e. The first-order valence-electron chi connectivity index (χ1n) is 13.5. The molecule has 1 N–H and O–H groups in total. The van der Waals surface area contributed by atoms with Crippen LogP contribution in [0.3, 0.4) is 0 Å². The Morgan fingerprint density at radius 2 is 1.87 bits per heavy atom. The van der Waals surface area contributed by atoms with Gasteiger partial charge in [0.05, 0.1) is 25.0 Å². The summed E-state index contributed by atoms with van der Waals surface area (Å²) >= 11 is 0. The highest BCUT2D eigenvalue weighted by atomic mass is 19.3. The zero-order valence-electron chi connectivity index (χ0n) is 22.4. The number of ether oxygens (including phenoxy) is 1. The first kappa shape index (κ1) is 26.6. The number of halogens is 2. The Bertz CT molecular complexity index is 1150. The van der Waals surface area contributed by atoms with E-state index in [9.17, 15) is 13.6 Å². The first-order chi connectivity index (χ1) is 18.2. The molecule has 2 aromatic rings. The molecular weight excluding hydrogens is 492 g/mol. The zero-order valence-corrected chi connectivity index (χ0v) is 22.4. The van der Waals surface area contributed by atoms with Gasteiger partial charge in [-0.3, -0.25) is 9.69 Å². The third-order valence-corrected chi connectivity index (χ3v) is 7.73. The quantitative estimate of drug-likeness (QED) is 0.582. The van der Waals surface area contributed by atoms with E-state index in [1.165, 1.54) is 13.2 Å². The molecule has 0 spiro atoms. The summed E-state index contributed by atoms with van der Waals surface area (Å²) in [7, 11) is 3.50. The summed E-state index contributed by atoms with van der Waals surface area (Å²) in [6.45, 7) is 6.65. The maximum absolute atomic E-state index is 14.9. The van der Waals surface area contributed by atoms with Gasteiger partial charge in [0, 0.05) is 45.8 Å². The van der Waals surface area contributed by atoms with Crippen LogP contribution in [0.5, 0.6) is 5.75 Å². The summed E-state index contributed by atoms with van der Waals surface area (Å²) in [5, 5.41) is 3.28. The van der Waals surface area contributed by atoms with Crippen LogP contribution in [0.25, 0.3) is 0 Å². The molecule has 0 radical (unpaired) electrons. The van der Waals surface area contributed by atoms with Gasteiger partial charge in [-0.05, 0) is 44.5 Å². The van der Waals surface area contributed by atoms with Gasteiger partial charge in [0.25, 0.3) is 5.91 Å². The van der Waals surface area contributed by atoms with E-state index in [1.54, 1.807) is 4.90 Å². The first-order valence-corrected chi connectivity index (χ1v) is 13.5. The molecule has 0 atom stereocenters. The lowest BCUT2D eigenvalue weighted by molar-refractivity contribution is -0.140. The molecule has 3 aliphatic rings. The smallest absolute Gasteiger partial charge is 0.342 e. The van der Waals surface area contributed by atoms with E-state index in [2.05, 4.69) is 33.2 Å². The molecule has 1 aromatic carbocycles. The highest BCUT2D eigenvalue weighted by Gasteiger charge is 2.48. The van der Waals surface area contributed by atoms with Crippen LogP contribution in [0.2, 0.25) is 0 Å². The lowest BCUT2D eigenvalue weighted by Gasteiger charge is -2.32. The average molecular weight is 530 g/mol. The third-order valence-electron chi connectivity index (χ3n) is 7.73. The highest BCUT2D eigenvalue weighted by molar-refractivity contribution is 6.02. The number of fused-ring (bicyclic) bond motifs is 1. The predicted octanol–water partition coefficient (Wildman–Crippen LogP) is 3.73. The number of alkyl halides is 2. The third kappa shape index (κ3) is 5.54. The van der Waals surface area contributed by atoms with E-state index in [4.69, 9.17) is 9.72 Å². The van der Waals surface area contributed by atoms with Gasteiger partial charge >= 0.3 is 5.92 Å². The Labute approximate surface area is 222 Å². The van der Waals surface area contributed by atoms with E-state index in [0.717, 1.165) is 68.9 Å². The van der Waals surface area contributed by atoms with Crippen LogP contribution in [0.4, 0.5) is 31.9 Å². The summed E-state index contributed by atoms with van der Waals surface area (Å²) in [5.41, 5.74) is 2.14. The lowest BCUT2D eigenvalue weighted by Crippen LogP contribution is -2.48. The summed E-state index contributed by atoms with van der Waals surface area (Å²) in [6, 6.07) is 5.96. The largest absolute Gasteiger partial charge is 0.492 e. The number of carbonyl (C=O) groups is 1. The lowest BCUT2D eigenvalue weighted by atomic mass is 10.1. The van der Waals surface area contributed by atoms with Crippen LogP contribution in [-0.4, -0.2) is 91.1 Å². The minimum absolute atomic E-state index is 0.0902. The molecule has 2 fully saturated rings. The molecule has 206 valence electrons. The normalized spacial score (nSPS) is 20.9. The number of anilines is 4. The molecule has 1 amide bonds. The van der Waals surface area contributed by atoms with Crippen LogP contribution in [0.15, 0.2) is 24.4 Å². The molecule has 3 heterocycles. The molecule has 9 nitrogen and oxygen atoms in total. The summed E-state index contributed by atoms with van der Waals surface area (Å²) in [6.07, 6.45) is 4.99. The molecule has 1 saturated carbocycles. The van der Waals surface area contributed by atoms with E-state index in [0.29, 0.717) is 29.5 Å². The molecule has 1 saturated heterocycles. The number of hydrogen-bond acceptors (Lipinski definition) is 8. The fourth-order valence-electron chi connectivity index (χ4n) is 5.54. The minimum atomic E-state index is -3.51. The van der Waals surface area contributed by atoms with Crippen LogP contribution in [-0.2, 0) is 11.3 Å². The van der Waals surface area contributed by atoms with Crippen molar-refractivity contribution in [2.45, 2.75) is 51.1 Å². The molecule has 38 heavy (non-hydrogen) atoms. The molecule has 1 aromatic heterocycles. The Hall–Kier alpha value is -3.05. The van der Waals surface area contributed by atoms with Gasteiger partial charge in [0.2, 0.25) is 5.95 Å². The van der Waals surface area contributed by atoms with E-state index in [1.807, 2.05) is 19.1 Å². The van der Waals surface area contributed by atoms with Crippen molar-refractivity contribution in [2.75, 3.05) is 68.5 Å². The maximum Gasteiger partial charge on any atom is 0.342 e. The van der Waals surface area contributed by atoms with Gasteiger partial charge in [-0.2, -0.15) is 13.8 Å². The Morgan fingerprint density at radius 1 is 1.13 bits per heavy atom. The fourth-order valence-corrected chi connectivity index (χ4v) is 5.54. The van der Waals surface area contributed by atoms with Crippen molar-refractivity contribution in [2.24, 2.45) is 0 Å². The number of nitrogens with one attached hydrogen (secondary N) is 1. The number of hydrogen-bond donors (Lipinski definition) is 1. The molecule has 1 aliphatic carbocycles. The molecule has 5 rings (SSSR count). The number of aromatic nitrogens is 2. The van der Waals surface area contributed by atoms with Gasteiger partial charge < -0.3 is 24.8 Å². The van der Waals surface area contributed by atoms with E-state index in [-0.39, 0.29) is 12.0 Å². The molecular formula is C27H37F2N7O2. The van der Waals surface area contributed by atoms with Crippen molar-refractivity contribution in [3.63, 3.8) is 0 Å². The van der Waals surface area contributed by atoms with Crippen molar-refractivity contribution < 1.29 is 18.3 Å². The molecule has 0 bridgehead atoms. The molecule has 0 unspecified atom stereocenters. The Kier molecular flexibility index (Phi) is 7.67. The van der Waals surface area contributed by atoms with Crippen molar-refractivity contribution >= 4 is 29.0 Å². The van der Waals surface area contributed by atoms with Gasteiger partial charge in [0.1, 0.15) is 11.4 Å². The molecule has 2 aliphatic heterocycles. The highest BCUT2D eigenvalue weighted by Crippen LogP contribution is 2.40. The number of nitrogens with zero attached hydrogens (tertiary/aromatic N) is 6. The second kappa shape index (κ2) is 11.0. The SMILES string of the molecule is CCOc1ccc(CN2CCN(C)CC2)cc1Nc1ncc2c(n1)N(C1CCCC1)CC(F)(F)C(=O)N2C. The summed E-state index contributed by atoms with van der Waals surface area (Å²) < 4.78 is 35.7. The fraction of sp³-hybridized carbons (Fsp3) is 0.593. The Balaban J connectivity index is 1.45. The number of benzene rings is 1. The number of rotatable bonds is 7. The van der Waals surface area contributed by atoms with Crippen LogP contribution >= 0.6 is 0 Å². The molecule has 11 heteroatoms. The van der Waals surface area contributed by atoms with Gasteiger partial charge in [-0.25, -0.2) is 4.98 Å². The van der Waals surface area contributed by atoms with Gasteiger partial charge in [0.15, 0.2) is 5.82 Å². The van der Waals surface area contributed by atoms with Crippen LogP contribution < -0.4 is 19.9 Å². The van der Waals surface area contributed by atoms with Crippen molar-refractivity contribution in [1.82, 2.24) is 19.8 Å².